The second kappa shape index (κ2) is 7.13. The molecule has 0 fully saturated rings. The van der Waals surface area contributed by atoms with Crippen LogP contribution in [0.3, 0.4) is 0 Å². The molecule has 1 N–H and O–H groups in total. The maximum absolute atomic E-state index is 12.5. The second-order valence-corrected chi connectivity index (χ2v) is 6.37. The number of benzene rings is 1. The number of amides is 1. The zero-order chi connectivity index (χ0) is 15.4. The van der Waals surface area contributed by atoms with Crippen LogP contribution in [0.25, 0.3) is 0 Å². The first-order valence-corrected chi connectivity index (χ1v) is 8.14. The lowest BCUT2D eigenvalue weighted by atomic mass is 10.2. The summed E-state index contributed by atoms with van der Waals surface area (Å²) in [6.45, 7) is 2.87. The van der Waals surface area contributed by atoms with Crippen LogP contribution in [0, 0.1) is 0 Å². The molecule has 0 aliphatic heterocycles. The number of rotatable bonds is 5. The van der Waals surface area contributed by atoms with E-state index in [1.165, 1.54) is 0 Å². The molecule has 0 saturated carbocycles. The molecular weight excluding hydrogens is 400 g/mol. The largest absolute Gasteiger partial charge is 0.495 e. The first kappa shape index (κ1) is 16.1. The number of halogens is 2. The summed E-state index contributed by atoms with van der Waals surface area (Å²) in [5.74, 6) is 0.463. The quantitative estimate of drug-likeness (QED) is 0.769. The monoisotopic (exact) mass is 414 g/mol. The number of anilines is 1. The SMILES string of the molecule is CCCn1cc(Br)cc1C(=O)Nc1cc(Br)ccc1OC. The third kappa shape index (κ3) is 3.89. The molecule has 1 aromatic heterocycles. The van der Waals surface area contributed by atoms with Gasteiger partial charge in [-0.3, -0.25) is 4.79 Å². The van der Waals surface area contributed by atoms with Crippen molar-refractivity contribution < 1.29 is 9.53 Å². The van der Waals surface area contributed by atoms with Crippen LogP contribution in [0.5, 0.6) is 5.75 Å². The minimum atomic E-state index is -0.162. The Morgan fingerprint density at radius 3 is 2.71 bits per heavy atom. The lowest BCUT2D eigenvalue weighted by molar-refractivity contribution is 0.101. The topological polar surface area (TPSA) is 43.3 Å². The van der Waals surface area contributed by atoms with Crippen molar-refractivity contribution in [2.24, 2.45) is 0 Å². The molecule has 0 aliphatic rings. The van der Waals surface area contributed by atoms with E-state index in [4.69, 9.17) is 4.74 Å². The van der Waals surface area contributed by atoms with Crippen LogP contribution in [0.15, 0.2) is 39.4 Å². The number of carbonyl (C=O) groups is 1. The highest BCUT2D eigenvalue weighted by atomic mass is 79.9. The van der Waals surface area contributed by atoms with Gasteiger partial charge >= 0.3 is 0 Å². The number of aromatic nitrogens is 1. The zero-order valence-electron chi connectivity index (χ0n) is 11.8. The predicted molar refractivity (Wildman–Crippen MR) is 91.1 cm³/mol. The zero-order valence-corrected chi connectivity index (χ0v) is 15.0. The summed E-state index contributed by atoms with van der Waals surface area (Å²) >= 11 is 6.81. The van der Waals surface area contributed by atoms with Gasteiger partial charge in [0, 0.05) is 21.7 Å². The maximum Gasteiger partial charge on any atom is 0.272 e. The molecule has 6 heteroatoms. The average molecular weight is 416 g/mol. The Bertz CT molecular complexity index is 653. The molecule has 2 aromatic rings. The van der Waals surface area contributed by atoms with E-state index in [0.717, 1.165) is 21.9 Å². The van der Waals surface area contributed by atoms with E-state index in [2.05, 4.69) is 44.1 Å². The molecule has 0 saturated heterocycles. The standard InChI is InChI=1S/C15H16Br2N2O2/c1-3-6-19-9-11(17)8-13(19)15(20)18-12-7-10(16)4-5-14(12)21-2/h4-5,7-9H,3,6H2,1-2H3,(H,18,20). The van der Waals surface area contributed by atoms with Gasteiger partial charge < -0.3 is 14.6 Å². The lowest BCUT2D eigenvalue weighted by Gasteiger charge is -2.12. The number of hydrogen-bond donors (Lipinski definition) is 1. The van der Waals surface area contributed by atoms with Gasteiger partial charge in [0.25, 0.3) is 5.91 Å². The van der Waals surface area contributed by atoms with E-state index >= 15 is 0 Å². The summed E-state index contributed by atoms with van der Waals surface area (Å²) < 4.78 is 8.97. The first-order chi connectivity index (χ1) is 10.0. The van der Waals surface area contributed by atoms with Gasteiger partial charge in [-0.25, -0.2) is 0 Å². The van der Waals surface area contributed by atoms with E-state index in [9.17, 15) is 4.79 Å². The molecule has 2 rings (SSSR count). The summed E-state index contributed by atoms with van der Waals surface area (Å²) in [4.78, 5) is 12.5. The van der Waals surface area contributed by atoms with Crippen LogP contribution < -0.4 is 10.1 Å². The van der Waals surface area contributed by atoms with Crippen molar-refractivity contribution in [2.75, 3.05) is 12.4 Å². The van der Waals surface area contributed by atoms with Gasteiger partial charge in [-0.1, -0.05) is 22.9 Å². The van der Waals surface area contributed by atoms with Gasteiger partial charge in [-0.15, -0.1) is 0 Å². The van der Waals surface area contributed by atoms with Gasteiger partial charge in [-0.05, 0) is 46.6 Å². The van der Waals surface area contributed by atoms with Crippen molar-refractivity contribution >= 4 is 43.5 Å². The number of aryl methyl sites for hydroxylation is 1. The molecule has 4 nitrogen and oxygen atoms in total. The van der Waals surface area contributed by atoms with E-state index in [1.54, 1.807) is 13.2 Å². The second-order valence-electron chi connectivity index (χ2n) is 4.54. The fourth-order valence-electron chi connectivity index (χ4n) is 2.06. The smallest absolute Gasteiger partial charge is 0.272 e. The van der Waals surface area contributed by atoms with Crippen LogP contribution in [0.2, 0.25) is 0 Å². The Kier molecular flexibility index (Phi) is 5.47. The molecule has 0 aliphatic carbocycles. The van der Waals surface area contributed by atoms with Crippen molar-refractivity contribution in [3.63, 3.8) is 0 Å². The third-order valence-corrected chi connectivity index (χ3v) is 3.90. The molecule has 0 spiro atoms. The van der Waals surface area contributed by atoms with E-state index < -0.39 is 0 Å². The Morgan fingerprint density at radius 2 is 2.05 bits per heavy atom. The van der Waals surface area contributed by atoms with Crippen LogP contribution in [-0.2, 0) is 6.54 Å². The Balaban J connectivity index is 2.28. The van der Waals surface area contributed by atoms with Gasteiger partial charge in [0.1, 0.15) is 11.4 Å². The fraction of sp³-hybridized carbons (Fsp3) is 0.267. The summed E-state index contributed by atoms with van der Waals surface area (Å²) in [6, 6.07) is 7.31. The Labute approximate surface area is 140 Å². The van der Waals surface area contributed by atoms with E-state index in [-0.39, 0.29) is 5.91 Å². The molecule has 1 aromatic carbocycles. The molecule has 0 unspecified atom stereocenters. The number of nitrogens with one attached hydrogen (secondary N) is 1. The molecule has 0 radical (unpaired) electrons. The van der Waals surface area contributed by atoms with Crippen LogP contribution in [0.1, 0.15) is 23.8 Å². The molecule has 1 amide bonds. The molecular formula is C15H16Br2N2O2. The molecule has 0 bridgehead atoms. The van der Waals surface area contributed by atoms with Crippen molar-refractivity contribution in [1.29, 1.82) is 0 Å². The number of hydrogen-bond acceptors (Lipinski definition) is 2. The number of carbonyl (C=O) groups excluding carboxylic acids is 1. The molecule has 112 valence electrons. The molecule has 0 atom stereocenters. The van der Waals surface area contributed by atoms with Crippen LogP contribution in [0.4, 0.5) is 5.69 Å². The highest BCUT2D eigenvalue weighted by Crippen LogP contribution is 2.28. The highest BCUT2D eigenvalue weighted by molar-refractivity contribution is 9.10. The van der Waals surface area contributed by atoms with Crippen molar-refractivity contribution in [1.82, 2.24) is 4.57 Å². The lowest BCUT2D eigenvalue weighted by Crippen LogP contribution is -2.17. The molecule has 1 heterocycles. The van der Waals surface area contributed by atoms with Crippen molar-refractivity contribution in [3.8, 4) is 5.75 Å². The van der Waals surface area contributed by atoms with Crippen LogP contribution in [-0.4, -0.2) is 17.6 Å². The number of ether oxygens (including phenoxy) is 1. The van der Waals surface area contributed by atoms with Crippen LogP contribution >= 0.6 is 31.9 Å². The maximum atomic E-state index is 12.5. The average Bonchev–Trinajstić information content (AvgIpc) is 2.80. The third-order valence-electron chi connectivity index (χ3n) is 2.97. The number of nitrogens with zero attached hydrogens (tertiary/aromatic N) is 1. The van der Waals surface area contributed by atoms with E-state index in [1.807, 2.05) is 29.0 Å². The van der Waals surface area contributed by atoms with Gasteiger partial charge in [-0.2, -0.15) is 0 Å². The van der Waals surface area contributed by atoms with Crippen molar-refractivity contribution in [2.45, 2.75) is 19.9 Å². The van der Waals surface area contributed by atoms with Gasteiger partial charge in [0.2, 0.25) is 0 Å². The predicted octanol–water partition coefficient (Wildman–Crippen LogP) is 4.68. The van der Waals surface area contributed by atoms with Crippen molar-refractivity contribution in [3.05, 3.63) is 45.1 Å². The normalized spacial score (nSPS) is 10.5. The summed E-state index contributed by atoms with van der Waals surface area (Å²) in [6.07, 6.45) is 2.87. The van der Waals surface area contributed by atoms with Gasteiger partial charge in [0.05, 0.1) is 12.8 Å². The molecule has 21 heavy (non-hydrogen) atoms. The van der Waals surface area contributed by atoms with E-state index in [0.29, 0.717) is 17.1 Å². The first-order valence-electron chi connectivity index (χ1n) is 6.55. The fourth-order valence-corrected chi connectivity index (χ4v) is 2.88. The summed E-state index contributed by atoms with van der Waals surface area (Å²) in [7, 11) is 1.58. The van der Waals surface area contributed by atoms with Gasteiger partial charge in [0.15, 0.2) is 0 Å². The highest BCUT2D eigenvalue weighted by Gasteiger charge is 2.15. The Hall–Kier alpha value is -1.27. The summed E-state index contributed by atoms with van der Waals surface area (Å²) in [5.41, 5.74) is 1.25. The minimum absolute atomic E-state index is 0.162. The Morgan fingerprint density at radius 1 is 1.29 bits per heavy atom. The summed E-state index contributed by atoms with van der Waals surface area (Å²) in [5, 5.41) is 2.90. The number of methoxy groups -OCH3 is 1. The minimum Gasteiger partial charge on any atom is -0.495 e.